The molecule has 0 aromatic rings. The number of fused-ring (bicyclic) bond motifs is 1. The van der Waals surface area contributed by atoms with Gasteiger partial charge in [0.15, 0.2) is 0 Å². The Bertz CT molecular complexity index is 546. The van der Waals surface area contributed by atoms with Gasteiger partial charge in [-0.2, -0.15) is 0 Å². The van der Waals surface area contributed by atoms with E-state index in [0.29, 0.717) is 18.6 Å². The molecule has 0 aromatic carbocycles. The van der Waals surface area contributed by atoms with Gasteiger partial charge in [0.2, 0.25) is 0 Å². The lowest BCUT2D eigenvalue weighted by molar-refractivity contribution is -0.178. The van der Waals surface area contributed by atoms with Gasteiger partial charge < -0.3 is 14.9 Å². The minimum Gasteiger partial charge on any atom is -0.462 e. The van der Waals surface area contributed by atoms with Gasteiger partial charge in [-0.25, -0.2) is 0 Å². The molecular formula is C20H32O5. The third-order valence-corrected chi connectivity index (χ3v) is 7.78. The topological polar surface area (TPSA) is 83.8 Å². The number of carbonyl (C=O) groups is 2. The number of esters is 1. The van der Waals surface area contributed by atoms with Crippen LogP contribution in [0.5, 0.6) is 0 Å². The Balaban J connectivity index is 1.94. The number of ketones is 1. The number of rotatable bonds is 3. The van der Waals surface area contributed by atoms with Crippen molar-refractivity contribution in [3.05, 3.63) is 0 Å². The Morgan fingerprint density at radius 1 is 1.20 bits per heavy atom. The maximum absolute atomic E-state index is 12.5. The summed E-state index contributed by atoms with van der Waals surface area (Å²) in [7, 11) is 0. The molecule has 7 atom stereocenters. The van der Waals surface area contributed by atoms with E-state index in [-0.39, 0.29) is 53.4 Å². The Labute approximate surface area is 150 Å². The second-order valence-electron chi connectivity index (χ2n) is 9.02. The first-order chi connectivity index (χ1) is 11.7. The molecule has 0 bridgehead atoms. The highest BCUT2D eigenvalue weighted by Gasteiger charge is 2.59. The van der Waals surface area contributed by atoms with Gasteiger partial charge in [0.25, 0.3) is 0 Å². The fraction of sp³-hybridized carbons (Fsp3) is 0.900. The molecule has 0 spiro atoms. The molecule has 0 aromatic heterocycles. The lowest BCUT2D eigenvalue weighted by Crippen LogP contribution is -2.55. The minimum atomic E-state index is -0.379. The van der Waals surface area contributed by atoms with Crippen molar-refractivity contribution in [3.63, 3.8) is 0 Å². The Morgan fingerprint density at radius 2 is 1.92 bits per heavy atom. The normalized spacial score (nSPS) is 47.4. The summed E-state index contributed by atoms with van der Waals surface area (Å²) >= 11 is 0. The molecule has 3 fully saturated rings. The summed E-state index contributed by atoms with van der Waals surface area (Å²) in [5.74, 6) is 0.214. The zero-order chi connectivity index (χ0) is 18.4. The van der Waals surface area contributed by atoms with Gasteiger partial charge in [0.1, 0.15) is 11.9 Å². The maximum Gasteiger partial charge on any atom is 0.302 e. The summed E-state index contributed by atoms with van der Waals surface area (Å²) in [6.07, 6.45) is 4.52. The van der Waals surface area contributed by atoms with Crippen LogP contribution in [0, 0.1) is 28.6 Å². The average Bonchev–Trinajstić information content (AvgIpc) is 2.85. The van der Waals surface area contributed by atoms with Crippen LogP contribution in [0.4, 0.5) is 0 Å². The molecule has 0 saturated heterocycles. The van der Waals surface area contributed by atoms with Crippen LogP contribution in [-0.2, 0) is 14.3 Å². The van der Waals surface area contributed by atoms with E-state index in [0.717, 1.165) is 32.1 Å². The van der Waals surface area contributed by atoms with E-state index < -0.39 is 0 Å². The smallest absolute Gasteiger partial charge is 0.302 e. The second kappa shape index (κ2) is 6.66. The number of aliphatic hydroxyl groups is 2. The highest BCUT2D eigenvalue weighted by Crippen LogP contribution is 2.59. The van der Waals surface area contributed by atoms with E-state index in [2.05, 4.69) is 6.92 Å². The van der Waals surface area contributed by atoms with Crippen molar-refractivity contribution in [2.45, 2.75) is 77.9 Å². The summed E-state index contributed by atoms with van der Waals surface area (Å²) < 4.78 is 5.83. The third kappa shape index (κ3) is 3.03. The number of carbonyl (C=O) groups excluding carboxylic acids is 2. The lowest BCUT2D eigenvalue weighted by Gasteiger charge is -2.55. The summed E-state index contributed by atoms with van der Waals surface area (Å²) in [5, 5.41) is 20.0. The molecule has 0 radical (unpaired) electrons. The van der Waals surface area contributed by atoms with E-state index in [1.54, 1.807) is 0 Å². The molecule has 0 heterocycles. The van der Waals surface area contributed by atoms with E-state index in [1.807, 2.05) is 6.92 Å². The molecule has 3 saturated carbocycles. The Hall–Kier alpha value is -0.940. The van der Waals surface area contributed by atoms with Crippen LogP contribution in [-0.4, -0.2) is 40.8 Å². The fourth-order valence-corrected chi connectivity index (χ4v) is 6.08. The number of Topliss-reactive ketones (excluding diaryl/α,β-unsaturated/α-hetero) is 1. The molecule has 2 N–H and O–H groups in total. The van der Waals surface area contributed by atoms with Gasteiger partial charge >= 0.3 is 5.97 Å². The number of aliphatic hydroxyl groups excluding tert-OH is 2. The SMILES string of the molecule is CC(=O)OC1C2CCC(=O)[C@@]2(C)CCC1[C@@]1(C)CC[C@H](O)C[C@@H]1CO. The van der Waals surface area contributed by atoms with Crippen LogP contribution in [0.3, 0.4) is 0 Å². The fourth-order valence-electron chi connectivity index (χ4n) is 6.08. The highest BCUT2D eigenvalue weighted by atomic mass is 16.5. The largest absolute Gasteiger partial charge is 0.462 e. The molecule has 0 aliphatic heterocycles. The van der Waals surface area contributed by atoms with Crippen LogP contribution < -0.4 is 0 Å². The summed E-state index contributed by atoms with van der Waals surface area (Å²) in [4.78, 5) is 24.3. The van der Waals surface area contributed by atoms with Gasteiger partial charge in [0, 0.05) is 37.2 Å². The van der Waals surface area contributed by atoms with Gasteiger partial charge in [-0.05, 0) is 49.9 Å². The van der Waals surface area contributed by atoms with Crippen molar-refractivity contribution in [3.8, 4) is 0 Å². The Morgan fingerprint density at radius 3 is 2.56 bits per heavy atom. The third-order valence-electron chi connectivity index (χ3n) is 7.78. The Kier molecular flexibility index (Phi) is 5.02. The lowest BCUT2D eigenvalue weighted by atomic mass is 9.52. The average molecular weight is 352 g/mol. The molecular weight excluding hydrogens is 320 g/mol. The first-order valence-electron chi connectivity index (χ1n) is 9.72. The molecule has 0 amide bonds. The van der Waals surface area contributed by atoms with Crippen LogP contribution >= 0.6 is 0 Å². The van der Waals surface area contributed by atoms with Crippen molar-refractivity contribution in [1.82, 2.24) is 0 Å². The van der Waals surface area contributed by atoms with Gasteiger partial charge in [-0.1, -0.05) is 13.8 Å². The van der Waals surface area contributed by atoms with Crippen LogP contribution in [0.25, 0.3) is 0 Å². The second-order valence-corrected chi connectivity index (χ2v) is 9.02. The van der Waals surface area contributed by atoms with E-state index in [1.165, 1.54) is 6.92 Å². The van der Waals surface area contributed by atoms with Crippen LogP contribution in [0.2, 0.25) is 0 Å². The molecule has 3 aliphatic carbocycles. The predicted octanol–water partition coefficient (Wildman–Crippen LogP) is 2.47. The van der Waals surface area contributed by atoms with Crippen LogP contribution in [0.15, 0.2) is 0 Å². The van der Waals surface area contributed by atoms with Crippen LogP contribution in [0.1, 0.15) is 65.7 Å². The van der Waals surface area contributed by atoms with Crippen molar-refractivity contribution in [1.29, 1.82) is 0 Å². The zero-order valence-corrected chi connectivity index (χ0v) is 15.7. The summed E-state index contributed by atoms with van der Waals surface area (Å²) in [6, 6.07) is 0. The summed E-state index contributed by atoms with van der Waals surface area (Å²) in [5.41, 5.74) is -0.559. The molecule has 3 rings (SSSR count). The standard InChI is InChI=1S/C20H32O5/c1-12(22)25-18-15-4-5-17(24)20(15,3)9-7-16(18)19(2)8-6-14(23)10-13(19)11-21/h13-16,18,21,23H,4-11H2,1-3H3/t13-,14+,15?,16?,18?,19+,20+/m1/s1. The van der Waals surface area contributed by atoms with Crippen molar-refractivity contribution in [2.75, 3.05) is 6.61 Å². The quantitative estimate of drug-likeness (QED) is 0.762. The molecule has 25 heavy (non-hydrogen) atoms. The number of ether oxygens (including phenoxy) is 1. The highest BCUT2D eigenvalue weighted by molar-refractivity contribution is 5.87. The molecule has 5 heteroatoms. The van der Waals surface area contributed by atoms with E-state index in [9.17, 15) is 19.8 Å². The van der Waals surface area contributed by atoms with Crippen molar-refractivity contribution in [2.24, 2.45) is 28.6 Å². The van der Waals surface area contributed by atoms with E-state index >= 15 is 0 Å². The van der Waals surface area contributed by atoms with Gasteiger partial charge in [-0.15, -0.1) is 0 Å². The monoisotopic (exact) mass is 352 g/mol. The maximum atomic E-state index is 12.5. The van der Waals surface area contributed by atoms with Gasteiger partial charge in [0.05, 0.1) is 6.10 Å². The molecule has 142 valence electrons. The van der Waals surface area contributed by atoms with Gasteiger partial charge in [-0.3, -0.25) is 9.59 Å². The minimum absolute atomic E-state index is 0.000712. The number of hydrogen-bond acceptors (Lipinski definition) is 5. The first-order valence-corrected chi connectivity index (χ1v) is 9.72. The van der Waals surface area contributed by atoms with E-state index in [4.69, 9.17) is 4.74 Å². The molecule has 3 aliphatic rings. The molecule has 3 unspecified atom stereocenters. The predicted molar refractivity (Wildman–Crippen MR) is 92.7 cm³/mol. The first kappa shape index (κ1) is 18.8. The van der Waals surface area contributed by atoms with Crippen molar-refractivity contribution < 1.29 is 24.5 Å². The number of hydrogen-bond donors (Lipinski definition) is 2. The zero-order valence-electron chi connectivity index (χ0n) is 15.7. The van der Waals surface area contributed by atoms with Crippen molar-refractivity contribution >= 4 is 11.8 Å². The summed E-state index contributed by atoms with van der Waals surface area (Å²) in [6.45, 7) is 5.70. The molecule has 5 nitrogen and oxygen atoms in total.